The van der Waals surface area contributed by atoms with Gasteiger partial charge in [-0.15, -0.1) is 17.9 Å². The molecule has 9 heteroatoms. The van der Waals surface area contributed by atoms with Crippen molar-refractivity contribution in [3.05, 3.63) is 58.6 Å². The molecule has 1 aromatic heterocycles. The molecule has 3 aliphatic rings. The van der Waals surface area contributed by atoms with Crippen LogP contribution < -0.4 is 15.1 Å². The summed E-state index contributed by atoms with van der Waals surface area (Å²) in [5.41, 5.74) is 2.80. The molecule has 2 fully saturated rings. The van der Waals surface area contributed by atoms with Crippen LogP contribution in [-0.4, -0.2) is 79.7 Å². The van der Waals surface area contributed by atoms with E-state index in [1.54, 1.807) is 39.2 Å². The summed E-state index contributed by atoms with van der Waals surface area (Å²) in [5.74, 6) is -0.402. The molecule has 2 aliphatic carbocycles. The number of carbonyl (C=O) groups is 2. The zero-order valence-corrected chi connectivity index (χ0v) is 26.7. The van der Waals surface area contributed by atoms with Gasteiger partial charge in [-0.25, -0.2) is 4.98 Å². The van der Waals surface area contributed by atoms with Gasteiger partial charge in [0, 0.05) is 41.4 Å². The van der Waals surface area contributed by atoms with Crippen LogP contribution in [0.15, 0.2) is 36.9 Å². The molecule has 42 heavy (non-hydrogen) atoms. The molecule has 0 unspecified atom stereocenters. The minimum absolute atomic E-state index is 0.00532. The molecule has 228 valence electrons. The molecule has 1 saturated carbocycles. The van der Waals surface area contributed by atoms with E-state index in [0.29, 0.717) is 17.2 Å². The molecular weight excluding hydrogens is 546 g/mol. The average molecular weight is 596 g/mol. The lowest BCUT2D eigenvalue weighted by molar-refractivity contribution is -1.01. The molecule has 2 amide bonds. The minimum atomic E-state index is -0.588. The molecule has 2 heterocycles. The van der Waals surface area contributed by atoms with Gasteiger partial charge in [-0.2, -0.15) is 0 Å². The smallest absolute Gasteiger partial charge is 0.257 e. The van der Waals surface area contributed by atoms with E-state index in [4.69, 9.17) is 4.98 Å². The van der Waals surface area contributed by atoms with E-state index < -0.39 is 6.10 Å². The van der Waals surface area contributed by atoms with Gasteiger partial charge in [0.1, 0.15) is 32.7 Å². The van der Waals surface area contributed by atoms with Crippen LogP contribution in [0, 0.1) is 23.2 Å². The molecule has 1 aromatic carbocycles. The third-order valence-corrected chi connectivity index (χ3v) is 11.4. The Morgan fingerprint density at radius 1 is 1.26 bits per heavy atom. The normalized spacial score (nSPS) is 31.4. The van der Waals surface area contributed by atoms with Crippen LogP contribution >= 0.6 is 11.3 Å². The van der Waals surface area contributed by atoms with Crippen LogP contribution in [0.3, 0.4) is 0 Å². The second kappa shape index (κ2) is 12.6. The molecule has 1 aliphatic heterocycles. The molecule has 1 saturated heterocycles. The van der Waals surface area contributed by atoms with Gasteiger partial charge in [-0.1, -0.05) is 39.0 Å². The number of amides is 2. The minimum Gasteiger partial charge on any atom is -0.392 e. The number of aliphatic hydroxyl groups excluding tert-OH is 1. The Hall–Kier alpha value is -2.59. The zero-order valence-electron chi connectivity index (χ0n) is 25.9. The van der Waals surface area contributed by atoms with Crippen LogP contribution in [0.4, 0.5) is 5.13 Å². The number of nitrogens with zero attached hydrogens (tertiary/aromatic N) is 2. The van der Waals surface area contributed by atoms with E-state index in [9.17, 15) is 14.7 Å². The van der Waals surface area contributed by atoms with E-state index in [2.05, 4.69) is 44.9 Å². The molecule has 0 radical (unpaired) electrons. The Morgan fingerprint density at radius 3 is 2.62 bits per heavy atom. The second-order valence-electron chi connectivity index (χ2n) is 13.5. The Bertz CT molecular complexity index is 1290. The molecule has 2 aromatic rings. The van der Waals surface area contributed by atoms with Gasteiger partial charge in [0.15, 0.2) is 5.13 Å². The fourth-order valence-corrected chi connectivity index (χ4v) is 9.11. The summed E-state index contributed by atoms with van der Waals surface area (Å²) < 4.78 is 0. The highest BCUT2D eigenvalue weighted by Crippen LogP contribution is 2.57. The lowest BCUT2D eigenvalue weighted by Crippen LogP contribution is -3.26. The predicted octanol–water partition coefficient (Wildman–Crippen LogP) is 1.64. The SMILES string of the molecule is C=CCN(C)C(=O)[C@@H](C)[C@H]1CC[C@@]2(C)Cc3sc(NC(=O)c4ccc(C[NH+]5CC[NH+](C)CC5)cc4)nc3[C@@H](C)[C@@H]2[C@H]1O. The maximum Gasteiger partial charge on any atom is 0.257 e. The van der Waals surface area contributed by atoms with Gasteiger partial charge in [0.25, 0.3) is 5.91 Å². The summed E-state index contributed by atoms with van der Waals surface area (Å²) in [4.78, 5) is 37.2. The van der Waals surface area contributed by atoms with Crippen molar-refractivity contribution in [2.75, 3.05) is 52.1 Å². The van der Waals surface area contributed by atoms with E-state index in [1.807, 2.05) is 19.1 Å². The lowest BCUT2D eigenvalue weighted by Gasteiger charge is -2.53. The number of rotatable bonds is 8. The summed E-state index contributed by atoms with van der Waals surface area (Å²) in [5, 5.41) is 15.4. The summed E-state index contributed by atoms with van der Waals surface area (Å²) in [7, 11) is 4.05. The Labute approximate surface area is 254 Å². The fourth-order valence-electron chi connectivity index (χ4n) is 7.85. The van der Waals surface area contributed by atoms with Crippen molar-refractivity contribution in [1.82, 2.24) is 9.88 Å². The molecule has 0 spiro atoms. The van der Waals surface area contributed by atoms with E-state index in [-0.39, 0.29) is 40.9 Å². The van der Waals surface area contributed by atoms with Gasteiger partial charge in [0.2, 0.25) is 5.91 Å². The molecule has 8 nitrogen and oxygen atoms in total. The summed E-state index contributed by atoms with van der Waals surface area (Å²) >= 11 is 1.57. The number of likely N-dealkylation sites (N-methyl/N-ethyl adjacent to an activating group) is 2. The average Bonchev–Trinajstić information content (AvgIpc) is 3.35. The maximum atomic E-state index is 13.2. The van der Waals surface area contributed by atoms with E-state index in [0.717, 1.165) is 31.5 Å². The molecule has 6 atom stereocenters. The number of thiazole rings is 1. The summed E-state index contributed by atoms with van der Waals surface area (Å²) in [6.45, 7) is 16.4. The van der Waals surface area contributed by atoms with Crippen LogP contribution in [0.25, 0.3) is 0 Å². The van der Waals surface area contributed by atoms with Crippen molar-refractivity contribution in [1.29, 1.82) is 0 Å². The zero-order chi connectivity index (χ0) is 30.2. The first kappa shape index (κ1) is 30.9. The van der Waals surface area contributed by atoms with Gasteiger partial charge in [-0.05, 0) is 48.6 Å². The van der Waals surface area contributed by atoms with E-state index in [1.165, 1.54) is 36.6 Å². The first-order valence-corrected chi connectivity index (χ1v) is 16.4. The number of anilines is 1. The Morgan fingerprint density at radius 2 is 1.95 bits per heavy atom. The maximum absolute atomic E-state index is 13.2. The third kappa shape index (κ3) is 6.20. The molecule has 4 N–H and O–H groups in total. The second-order valence-corrected chi connectivity index (χ2v) is 14.6. The third-order valence-electron chi connectivity index (χ3n) is 10.4. The van der Waals surface area contributed by atoms with Crippen molar-refractivity contribution in [2.24, 2.45) is 23.2 Å². The fraction of sp³-hybridized carbons (Fsp3) is 0.606. The van der Waals surface area contributed by atoms with Crippen molar-refractivity contribution in [3.8, 4) is 0 Å². The molecular formula is C33H49N5O3S+2. The van der Waals surface area contributed by atoms with Gasteiger partial charge in [-0.3, -0.25) is 14.9 Å². The van der Waals surface area contributed by atoms with Crippen molar-refractivity contribution in [3.63, 3.8) is 0 Å². The standard InChI is InChI=1S/C33H47N5O3S/c1-7-14-37(6)31(41)21(2)25-12-13-33(4)19-26-28(22(3)27(33)29(25)39)34-32(42-26)35-30(40)24-10-8-23(9-11-24)20-38-17-15-36(5)16-18-38/h7-11,21-22,25,27,29,39H,1,12-20H2,2-6H3,(H,34,35,40)/p+2/t21-,22-,25+,27+,29-,33-/m0/s1. The number of benzene rings is 1. The number of piperazine rings is 1. The van der Waals surface area contributed by atoms with Crippen molar-refractivity contribution < 1.29 is 24.5 Å². The topological polar surface area (TPSA) is 91.4 Å². The lowest BCUT2D eigenvalue weighted by atomic mass is 9.53. The van der Waals surface area contributed by atoms with Crippen LogP contribution in [-0.2, 0) is 17.8 Å². The number of hydrogen-bond acceptors (Lipinski definition) is 5. The van der Waals surface area contributed by atoms with E-state index >= 15 is 0 Å². The quantitative estimate of drug-likeness (QED) is 0.350. The molecule has 0 bridgehead atoms. The van der Waals surface area contributed by atoms with Crippen LogP contribution in [0.2, 0.25) is 0 Å². The number of aromatic nitrogens is 1. The number of carbonyl (C=O) groups excluding carboxylic acids is 2. The summed E-state index contributed by atoms with van der Waals surface area (Å²) in [6, 6.07) is 7.99. The Kier molecular flexibility index (Phi) is 9.23. The van der Waals surface area contributed by atoms with Crippen LogP contribution in [0.5, 0.6) is 0 Å². The highest BCUT2D eigenvalue weighted by Gasteiger charge is 2.54. The number of quaternary nitrogens is 2. The van der Waals surface area contributed by atoms with Crippen molar-refractivity contribution in [2.45, 2.75) is 58.6 Å². The predicted molar refractivity (Wildman–Crippen MR) is 167 cm³/mol. The van der Waals surface area contributed by atoms with Gasteiger partial charge in [0.05, 0.1) is 18.8 Å². The van der Waals surface area contributed by atoms with Crippen LogP contribution in [0.1, 0.15) is 66.0 Å². The highest BCUT2D eigenvalue weighted by molar-refractivity contribution is 7.15. The van der Waals surface area contributed by atoms with Gasteiger partial charge >= 0.3 is 0 Å². The first-order valence-electron chi connectivity index (χ1n) is 15.6. The number of nitrogens with one attached hydrogen (secondary N) is 3. The largest absolute Gasteiger partial charge is 0.392 e. The number of hydrogen-bond donors (Lipinski definition) is 4. The highest BCUT2D eigenvalue weighted by atomic mass is 32.1. The Balaban J connectivity index is 1.25. The molecule has 5 rings (SSSR count). The van der Waals surface area contributed by atoms with Crippen molar-refractivity contribution >= 4 is 28.3 Å². The first-order chi connectivity index (χ1) is 20.0. The summed E-state index contributed by atoms with van der Waals surface area (Å²) in [6.07, 6.45) is 3.75. The number of fused-ring (bicyclic) bond motifs is 2. The van der Waals surface area contributed by atoms with Gasteiger partial charge < -0.3 is 19.8 Å². The monoisotopic (exact) mass is 595 g/mol. The number of aliphatic hydroxyl groups is 1.